The number of methoxy groups -OCH3 is 1. The Bertz CT molecular complexity index is 539. The number of thiophene rings is 1. The molecule has 1 aromatic heterocycles. The van der Waals surface area contributed by atoms with Crippen molar-refractivity contribution in [1.29, 1.82) is 0 Å². The normalized spacial score (nSPS) is 16.2. The Morgan fingerprint density at radius 1 is 1.58 bits per heavy atom. The summed E-state index contributed by atoms with van der Waals surface area (Å²) in [5.74, 6) is 0. The maximum absolute atomic E-state index is 12.6. The molecule has 5 nitrogen and oxygen atoms in total. The van der Waals surface area contributed by atoms with Crippen molar-refractivity contribution in [3.05, 3.63) is 14.7 Å². The molecule has 0 atom stereocenters. The Morgan fingerprint density at radius 2 is 2.26 bits per heavy atom. The second-order valence-corrected chi connectivity index (χ2v) is 8.66. The highest BCUT2D eigenvalue weighted by molar-refractivity contribution is 9.11. The Labute approximate surface area is 125 Å². The van der Waals surface area contributed by atoms with Gasteiger partial charge in [0.15, 0.2) is 0 Å². The molecule has 1 N–H and O–H groups in total. The molecule has 2 rings (SSSR count). The van der Waals surface area contributed by atoms with Crippen LogP contribution in [0.2, 0.25) is 0 Å². The van der Waals surface area contributed by atoms with Crippen molar-refractivity contribution in [2.75, 3.05) is 20.3 Å². The van der Waals surface area contributed by atoms with Crippen LogP contribution in [0.1, 0.15) is 17.7 Å². The van der Waals surface area contributed by atoms with E-state index in [1.165, 1.54) is 21.7 Å². The third-order valence-corrected chi connectivity index (χ3v) is 7.11. The molecule has 1 heterocycles. The maximum Gasteiger partial charge on any atom is 0.245 e. The predicted molar refractivity (Wildman–Crippen MR) is 76.7 cm³/mol. The van der Waals surface area contributed by atoms with Crippen molar-refractivity contribution in [2.24, 2.45) is 0 Å². The van der Waals surface area contributed by atoms with Crippen LogP contribution in [0.25, 0.3) is 0 Å². The topological polar surface area (TPSA) is 66.8 Å². The lowest BCUT2D eigenvalue weighted by atomic mass is 10.5. The van der Waals surface area contributed by atoms with Crippen LogP contribution in [0.5, 0.6) is 0 Å². The third kappa shape index (κ3) is 3.37. The van der Waals surface area contributed by atoms with Gasteiger partial charge in [-0.15, -0.1) is 11.3 Å². The fourth-order valence-electron chi connectivity index (χ4n) is 1.82. The number of nitrogens with zero attached hydrogens (tertiary/aromatic N) is 1. The minimum absolute atomic E-state index is 0.0875. The van der Waals surface area contributed by atoms with Crippen LogP contribution in [-0.4, -0.2) is 44.1 Å². The van der Waals surface area contributed by atoms with Crippen LogP contribution < -0.4 is 0 Å². The van der Waals surface area contributed by atoms with Crippen LogP contribution in [-0.2, 0) is 21.4 Å². The first-order chi connectivity index (χ1) is 9.00. The monoisotopic (exact) mass is 369 g/mol. The Morgan fingerprint density at radius 3 is 2.74 bits per heavy atom. The molecule has 1 fully saturated rings. The molecule has 0 radical (unpaired) electrons. The lowest BCUT2D eigenvalue weighted by molar-refractivity contribution is 0.177. The molecule has 19 heavy (non-hydrogen) atoms. The van der Waals surface area contributed by atoms with Crippen LogP contribution in [0.4, 0.5) is 0 Å². The first-order valence-corrected chi connectivity index (χ1v) is 8.95. The Balaban J connectivity index is 2.30. The summed E-state index contributed by atoms with van der Waals surface area (Å²) < 4.78 is 32.3. The summed E-state index contributed by atoms with van der Waals surface area (Å²) in [5, 5.41) is 9.10. The molecule has 1 saturated carbocycles. The van der Waals surface area contributed by atoms with Gasteiger partial charge < -0.3 is 9.84 Å². The quantitative estimate of drug-likeness (QED) is 0.795. The van der Waals surface area contributed by atoms with Gasteiger partial charge in [-0.05, 0) is 34.8 Å². The molecule has 1 aliphatic carbocycles. The molecule has 0 spiro atoms. The van der Waals surface area contributed by atoms with Crippen LogP contribution in [0.3, 0.4) is 0 Å². The van der Waals surface area contributed by atoms with Gasteiger partial charge in [0, 0.05) is 24.6 Å². The molecule has 0 saturated heterocycles. The van der Waals surface area contributed by atoms with Gasteiger partial charge in [0.25, 0.3) is 0 Å². The number of rotatable bonds is 7. The Hall–Kier alpha value is 0.01000. The summed E-state index contributed by atoms with van der Waals surface area (Å²) in [6.07, 6.45) is 1.80. The van der Waals surface area contributed by atoms with E-state index in [9.17, 15) is 8.42 Å². The summed E-state index contributed by atoms with van der Waals surface area (Å²) in [5.41, 5.74) is 0. The lowest BCUT2D eigenvalue weighted by Crippen LogP contribution is -2.35. The van der Waals surface area contributed by atoms with Gasteiger partial charge in [0.1, 0.15) is 4.90 Å². The third-order valence-electron chi connectivity index (χ3n) is 2.92. The van der Waals surface area contributed by atoms with Crippen molar-refractivity contribution >= 4 is 37.3 Å². The largest absolute Gasteiger partial charge is 0.391 e. The van der Waals surface area contributed by atoms with Crippen LogP contribution in [0.15, 0.2) is 14.7 Å². The summed E-state index contributed by atoms with van der Waals surface area (Å²) in [6, 6.07) is 1.62. The van der Waals surface area contributed by atoms with Gasteiger partial charge in [0.2, 0.25) is 10.0 Å². The van der Waals surface area contributed by atoms with E-state index in [2.05, 4.69) is 15.9 Å². The van der Waals surface area contributed by atoms with E-state index in [4.69, 9.17) is 9.84 Å². The van der Waals surface area contributed by atoms with E-state index in [0.29, 0.717) is 21.8 Å². The number of sulfonamides is 1. The zero-order valence-electron chi connectivity index (χ0n) is 10.5. The maximum atomic E-state index is 12.6. The number of hydrogen-bond donors (Lipinski definition) is 1. The van der Waals surface area contributed by atoms with E-state index in [1.807, 2.05) is 0 Å². The van der Waals surface area contributed by atoms with Gasteiger partial charge in [0.05, 0.1) is 17.0 Å². The van der Waals surface area contributed by atoms with E-state index in [0.717, 1.165) is 12.8 Å². The minimum Gasteiger partial charge on any atom is -0.391 e. The molecular formula is C11H16BrNO4S2. The second kappa shape index (κ2) is 6.19. The molecule has 0 amide bonds. The lowest BCUT2D eigenvalue weighted by Gasteiger charge is -2.21. The highest BCUT2D eigenvalue weighted by atomic mass is 79.9. The second-order valence-electron chi connectivity index (χ2n) is 4.35. The average Bonchev–Trinajstić information content (AvgIpc) is 3.11. The standard InChI is InChI=1S/C11H16BrNO4S2/c1-17-5-4-13(8-2-3-8)19(15,16)10-6-9(7-14)18-11(10)12/h6,8,14H,2-5,7H2,1H3. The molecule has 8 heteroatoms. The molecule has 0 unspecified atom stereocenters. The first-order valence-electron chi connectivity index (χ1n) is 5.90. The molecule has 108 valence electrons. The fraction of sp³-hybridized carbons (Fsp3) is 0.636. The van der Waals surface area contributed by atoms with Gasteiger partial charge in [-0.3, -0.25) is 0 Å². The zero-order chi connectivity index (χ0) is 14.0. The highest BCUT2D eigenvalue weighted by Crippen LogP contribution is 2.37. The molecule has 0 aromatic carbocycles. The minimum atomic E-state index is -3.52. The first kappa shape index (κ1) is 15.4. The molecule has 1 aromatic rings. The number of aliphatic hydroxyl groups is 1. The van der Waals surface area contributed by atoms with Crippen molar-refractivity contribution < 1.29 is 18.3 Å². The highest BCUT2D eigenvalue weighted by Gasteiger charge is 2.39. The summed E-state index contributed by atoms with van der Waals surface area (Å²) in [7, 11) is -1.97. The molecule has 1 aliphatic rings. The van der Waals surface area contributed by atoms with E-state index in [-0.39, 0.29) is 17.5 Å². The number of aliphatic hydroxyl groups excluding tert-OH is 1. The van der Waals surface area contributed by atoms with E-state index in [1.54, 1.807) is 7.11 Å². The van der Waals surface area contributed by atoms with Gasteiger partial charge >= 0.3 is 0 Å². The number of ether oxygens (including phenoxy) is 1. The SMILES string of the molecule is COCCN(C1CC1)S(=O)(=O)c1cc(CO)sc1Br. The Kier molecular flexibility index (Phi) is 5.02. The number of halogens is 1. The van der Waals surface area contributed by atoms with Gasteiger partial charge in [-0.1, -0.05) is 0 Å². The fourth-order valence-corrected chi connectivity index (χ4v) is 5.98. The molecule has 0 bridgehead atoms. The van der Waals surface area contributed by atoms with Crippen molar-refractivity contribution in [2.45, 2.75) is 30.4 Å². The summed E-state index contributed by atoms with van der Waals surface area (Å²) >= 11 is 4.51. The zero-order valence-corrected chi connectivity index (χ0v) is 13.7. The number of hydrogen-bond acceptors (Lipinski definition) is 5. The van der Waals surface area contributed by atoms with E-state index >= 15 is 0 Å². The molecule has 0 aliphatic heterocycles. The van der Waals surface area contributed by atoms with Gasteiger partial charge in [-0.25, -0.2) is 8.42 Å². The van der Waals surface area contributed by atoms with Gasteiger partial charge in [-0.2, -0.15) is 4.31 Å². The summed E-state index contributed by atoms with van der Waals surface area (Å²) in [6.45, 7) is 0.588. The smallest absolute Gasteiger partial charge is 0.245 e. The van der Waals surface area contributed by atoms with Crippen molar-refractivity contribution in [3.63, 3.8) is 0 Å². The molecular weight excluding hydrogens is 354 g/mol. The average molecular weight is 370 g/mol. The summed E-state index contributed by atoms with van der Waals surface area (Å²) in [4.78, 5) is 0.873. The van der Waals surface area contributed by atoms with Crippen LogP contribution in [0, 0.1) is 0 Å². The van der Waals surface area contributed by atoms with Crippen LogP contribution >= 0.6 is 27.3 Å². The van der Waals surface area contributed by atoms with Crippen molar-refractivity contribution in [3.8, 4) is 0 Å². The predicted octanol–water partition coefficient (Wildman–Crippen LogP) is 1.80. The van der Waals surface area contributed by atoms with E-state index < -0.39 is 10.0 Å². The van der Waals surface area contributed by atoms with Crippen molar-refractivity contribution in [1.82, 2.24) is 4.31 Å².